The van der Waals surface area contributed by atoms with E-state index >= 15 is 0 Å². The highest BCUT2D eigenvalue weighted by Crippen LogP contribution is 2.24. The number of aryl methyl sites for hydroxylation is 1. The van der Waals surface area contributed by atoms with Gasteiger partial charge in [-0.2, -0.15) is 0 Å². The van der Waals surface area contributed by atoms with E-state index in [0.717, 1.165) is 12.8 Å². The van der Waals surface area contributed by atoms with Gasteiger partial charge in [0.15, 0.2) is 0 Å². The minimum Gasteiger partial charge on any atom is -0.351 e. The first-order valence-corrected chi connectivity index (χ1v) is 5.44. The lowest BCUT2D eigenvalue weighted by Crippen LogP contribution is -2.40. The topological polar surface area (TPSA) is 29.1 Å². The second kappa shape index (κ2) is 3.69. The lowest BCUT2D eigenvalue weighted by Gasteiger charge is -2.23. The Bertz CT molecular complexity index is 369. The molecule has 2 nitrogen and oxygen atoms in total. The molecule has 1 N–H and O–H groups in total. The third-order valence-electron chi connectivity index (χ3n) is 3.06. The first-order chi connectivity index (χ1) is 7.07. The molecule has 0 bridgehead atoms. The van der Waals surface area contributed by atoms with Gasteiger partial charge in [-0.3, -0.25) is 4.79 Å². The van der Waals surface area contributed by atoms with E-state index < -0.39 is 0 Å². The number of rotatable bonds is 2. The van der Waals surface area contributed by atoms with Crippen LogP contribution in [0.4, 0.5) is 0 Å². The molecule has 15 heavy (non-hydrogen) atoms. The predicted octanol–water partition coefficient (Wildman–Crippen LogP) is 2.21. The number of hydrogen-bond donors (Lipinski definition) is 1. The van der Waals surface area contributed by atoms with Crippen LogP contribution in [0.15, 0.2) is 24.3 Å². The number of amides is 1. The van der Waals surface area contributed by atoms with Crippen molar-refractivity contribution in [2.45, 2.75) is 38.6 Å². The minimum absolute atomic E-state index is 0.0354. The Morgan fingerprint density at radius 1 is 1.33 bits per heavy atom. The predicted molar refractivity (Wildman–Crippen MR) is 60.7 cm³/mol. The molecule has 1 aliphatic rings. The molecule has 0 saturated carbocycles. The van der Waals surface area contributed by atoms with Crippen LogP contribution in [0.5, 0.6) is 0 Å². The Balaban J connectivity index is 2.08. The zero-order valence-corrected chi connectivity index (χ0v) is 9.34. The average Bonchev–Trinajstić information content (AvgIpc) is 2.50. The van der Waals surface area contributed by atoms with Gasteiger partial charge in [-0.15, -0.1) is 0 Å². The molecule has 1 saturated heterocycles. The van der Waals surface area contributed by atoms with Gasteiger partial charge in [0.2, 0.25) is 5.91 Å². The summed E-state index contributed by atoms with van der Waals surface area (Å²) < 4.78 is 0. The van der Waals surface area contributed by atoms with Gasteiger partial charge >= 0.3 is 0 Å². The summed E-state index contributed by atoms with van der Waals surface area (Å²) in [7, 11) is 0. The van der Waals surface area contributed by atoms with Crippen LogP contribution in [0.3, 0.4) is 0 Å². The fraction of sp³-hybridized carbons (Fsp3) is 0.462. The molecule has 1 heterocycles. The van der Waals surface area contributed by atoms with Gasteiger partial charge < -0.3 is 5.32 Å². The summed E-state index contributed by atoms with van der Waals surface area (Å²) in [6, 6.07) is 8.53. The van der Waals surface area contributed by atoms with E-state index in [0.29, 0.717) is 6.42 Å². The molecule has 0 aromatic heterocycles. The van der Waals surface area contributed by atoms with Gasteiger partial charge in [0.1, 0.15) is 0 Å². The van der Waals surface area contributed by atoms with Crippen LogP contribution in [-0.4, -0.2) is 11.4 Å². The molecule has 1 aromatic rings. The van der Waals surface area contributed by atoms with Crippen LogP contribution in [0.2, 0.25) is 0 Å². The summed E-state index contributed by atoms with van der Waals surface area (Å²) in [6.07, 6.45) is 2.54. The highest BCUT2D eigenvalue weighted by atomic mass is 16.2. The van der Waals surface area contributed by atoms with E-state index in [2.05, 4.69) is 43.4 Å². The number of nitrogens with one attached hydrogen (secondary N) is 1. The zero-order valence-electron chi connectivity index (χ0n) is 9.34. The molecule has 80 valence electrons. The molecule has 1 atom stereocenters. The van der Waals surface area contributed by atoms with Crippen LogP contribution in [0.25, 0.3) is 0 Å². The standard InChI is InChI=1S/C13H17NO/c1-10-3-5-11(6-4-10)9-13(2)8-7-12(15)14-13/h3-6H,7-9H2,1-2H3,(H,14,15). The van der Waals surface area contributed by atoms with Crippen molar-refractivity contribution in [1.29, 1.82) is 0 Å². The number of carbonyl (C=O) groups excluding carboxylic acids is 1. The van der Waals surface area contributed by atoms with Gasteiger partial charge in [0.05, 0.1) is 0 Å². The minimum atomic E-state index is -0.0354. The van der Waals surface area contributed by atoms with Gasteiger partial charge in [-0.25, -0.2) is 0 Å². The summed E-state index contributed by atoms with van der Waals surface area (Å²) in [5.74, 6) is 0.185. The molecule has 1 amide bonds. The van der Waals surface area contributed by atoms with Crippen LogP contribution >= 0.6 is 0 Å². The first kappa shape index (κ1) is 10.2. The Morgan fingerprint density at radius 2 is 2.00 bits per heavy atom. The van der Waals surface area contributed by atoms with E-state index in [4.69, 9.17) is 0 Å². The van der Waals surface area contributed by atoms with E-state index in [1.54, 1.807) is 0 Å². The molecule has 0 aliphatic carbocycles. The number of benzene rings is 1. The molecule has 1 unspecified atom stereocenters. The summed E-state index contributed by atoms with van der Waals surface area (Å²) in [6.45, 7) is 4.21. The summed E-state index contributed by atoms with van der Waals surface area (Å²) >= 11 is 0. The molecule has 2 heteroatoms. The van der Waals surface area contributed by atoms with Crippen molar-refractivity contribution in [3.05, 3.63) is 35.4 Å². The normalized spacial score (nSPS) is 25.3. The van der Waals surface area contributed by atoms with Gasteiger partial charge in [0.25, 0.3) is 0 Å². The average molecular weight is 203 g/mol. The maximum atomic E-state index is 11.2. The fourth-order valence-electron chi connectivity index (χ4n) is 2.14. The van der Waals surface area contributed by atoms with Crippen LogP contribution in [0, 0.1) is 6.92 Å². The molecular formula is C13H17NO. The summed E-state index contributed by atoms with van der Waals surface area (Å²) in [5.41, 5.74) is 2.54. The van der Waals surface area contributed by atoms with Crippen LogP contribution in [0.1, 0.15) is 30.9 Å². The molecule has 2 rings (SSSR count). The largest absolute Gasteiger partial charge is 0.351 e. The van der Waals surface area contributed by atoms with Crippen molar-refractivity contribution < 1.29 is 4.79 Å². The van der Waals surface area contributed by atoms with Crippen molar-refractivity contribution in [2.75, 3.05) is 0 Å². The third-order valence-corrected chi connectivity index (χ3v) is 3.06. The van der Waals surface area contributed by atoms with E-state index in [-0.39, 0.29) is 11.4 Å². The Labute approximate surface area is 90.7 Å². The highest BCUT2D eigenvalue weighted by Gasteiger charge is 2.32. The second-order valence-corrected chi connectivity index (χ2v) is 4.77. The van der Waals surface area contributed by atoms with E-state index in [1.165, 1.54) is 11.1 Å². The zero-order chi connectivity index (χ0) is 10.9. The third kappa shape index (κ3) is 2.38. The lowest BCUT2D eigenvalue weighted by molar-refractivity contribution is -0.119. The molecule has 1 aromatic carbocycles. The molecule has 1 fully saturated rings. The van der Waals surface area contributed by atoms with Gasteiger partial charge in [-0.1, -0.05) is 29.8 Å². The van der Waals surface area contributed by atoms with Crippen molar-refractivity contribution >= 4 is 5.91 Å². The van der Waals surface area contributed by atoms with Gasteiger partial charge in [-0.05, 0) is 32.3 Å². The Kier molecular flexibility index (Phi) is 2.51. The van der Waals surface area contributed by atoms with E-state index in [9.17, 15) is 4.79 Å². The fourth-order valence-corrected chi connectivity index (χ4v) is 2.14. The van der Waals surface area contributed by atoms with Gasteiger partial charge in [0, 0.05) is 12.0 Å². The Morgan fingerprint density at radius 3 is 2.53 bits per heavy atom. The first-order valence-electron chi connectivity index (χ1n) is 5.44. The van der Waals surface area contributed by atoms with Crippen molar-refractivity contribution in [3.8, 4) is 0 Å². The van der Waals surface area contributed by atoms with Crippen LogP contribution in [-0.2, 0) is 11.2 Å². The van der Waals surface area contributed by atoms with Crippen molar-refractivity contribution in [2.24, 2.45) is 0 Å². The molecule has 1 aliphatic heterocycles. The molecular weight excluding hydrogens is 186 g/mol. The summed E-state index contributed by atoms with van der Waals surface area (Å²) in [5, 5.41) is 3.05. The molecule has 0 spiro atoms. The second-order valence-electron chi connectivity index (χ2n) is 4.77. The smallest absolute Gasteiger partial charge is 0.220 e. The monoisotopic (exact) mass is 203 g/mol. The highest BCUT2D eigenvalue weighted by molar-refractivity contribution is 5.79. The lowest BCUT2D eigenvalue weighted by atomic mass is 9.91. The van der Waals surface area contributed by atoms with Crippen LogP contribution < -0.4 is 5.32 Å². The molecule has 0 radical (unpaired) electrons. The number of carbonyl (C=O) groups is 1. The quantitative estimate of drug-likeness (QED) is 0.784. The van der Waals surface area contributed by atoms with Crippen molar-refractivity contribution in [1.82, 2.24) is 5.32 Å². The maximum absolute atomic E-state index is 11.2. The Hall–Kier alpha value is -1.31. The van der Waals surface area contributed by atoms with Crippen molar-refractivity contribution in [3.63, 3.8) is 0 Å². The SMILES string of the molecule is Cc1ccc(CC2(C)CCC(=O)N2)cc1. The van der Waals surface area contributed by atoms with E-state index in [1.807, 2.05) is 0 Å². The number of hydrogen-bond acceptors (Lipinski definition) is 1. The maximum Gasteiger partial charge on any atom is 0.220 e. The summed E-state index contributed by atoms with van der Waals surface area (Å²) in [4.78, 5) is 11.2.